The van der Waals surface area contributed by atoms with Gasteiger partial charge in [0.25, 0.3) is 0 Å². The van der Waals surface area contributed by atoms with E-state index in [0.29, 0.717) is 18.4 Å². The second-order valence-electron chi connectivity index (χ2n) is 4.60. The van der Waals surface area contributed by atoms with Crippen molar-refractivity contribution in [2.75, 3.05) is 13.2 Å². The maximum atomic E-state index is 8.80. The second kappa shape index (κ2) is 6.41. The number of ether oxygens (including phenoxy) is 1. The molecule has 0 saturated heterocycles. The molecule has 0 aliphatic heterocycles. The van der Waals surface area contributed by atoms with Crippen LogP contribution in [-0.2, 0) is 4.74 Å². The first-order valence-corrected chi connectivity index (χ1v) is 5.73. The minimum atomic E-state index is -0.0985. The van der Waals surface area contributed by atoms with Crippen molar-refractivity contribution in [3.8, 4) is 0 Å². The van der Waals surface area contributed by atoms with Gasteiger partial charge in [0.1, 0.15) is 0 Å². The van der Waals surface area contributed by atoms with Crippen LogP contribution in [0.25, 0.3) is 0 Å². The minimum absolute atomic E-state index is 0.0985. The van der Waals surface area contributed by atoms with Gasteiger partial charge in [0, 0.05) is 0 Å². The molecule has 86 valence electrons. The molecule has 14 heavy (non-hydrogen) atoms. The lowest BCUT2D eigenvalue weighted by atomic mass is 9.78. The third-order valence-corrected chi connectivity index (χ3v) is 3.35. The summed E-state index contributed by atoms with van der Waals surface area (Å²) in [6, 6.07) is 0. The molecule has 0 rings (SSSR count). The van der Waals surface area contributed by atoms with Crippen molar-refractivity contribution in [2.24, 2.45) is 11.8 Å². The fourth-order valence-electron chi connectivity index (χ4n) is 1.86. The van der Waals surface area contributed by atoms with Gasteiger partial charge >= 0.3 is 0 Å². The monoisotopic (exact) mass is 202 g/mol. The first-order valence-electron chi connectivity index (χ1n) is 5.73. The van der Waals surface area contributed by atoms with Crippen molar-refractivity contribution in [2.45, 2.75) is 53.1 Å². The highest BCUT2D eigenvalue weighted by molar-refractivity contribution is 4.84. The normalized spacial score (nSPS) is 18.2. The van der Waals surface area contributed by atoms with E-state index in [2.05, 4.69) is 34.6 Å². The molecule has 0 spiro atoms. The molecule has 2 nitrogen and oxygen atoms in total. The summed E-state index contributed by atoms with van der Waals surface area (Å²) < 4.78 is 5.80. The molecule has 0 bridgehead atoms. The van der Waals surface area contributed by atoms with Crippen LogP contribution in [0.15, 0.2) is 0 Å². The van der Waals surface area contributed by atoms with Gasteiger partial charge in [0.15, 0.2) is 0 Å². The zero-order chi connectivity index (χ0) is 11.2. The Labute approximate surface area is 88.7 Å². The number of aliphatic hydroxyl groups is 1. The Morgan fingerprint density at radius 1 is 1.29 bits per heavy atom. The second-order valence-corrected chi connectivity index (χ2v) is 4.60. The average molecular weight is 202 g/mol. The Kier molecular flexibility index (Phi) is 6.38. The molecular weight excluding hydrogens is 176 g/mol. The van der Waals surface area contributed by atoms with Gasteiger partial charge in [-0.2, -0.15) is 0 Å². The number of hydrogen-bond acceptors (Lipinski definition) is 2. The van der Waals surface area contributed by atoms with E-state index in [1.807, 2.05) is 0 Å². The molecule has 0 aliphatic carbocycles. The third kappa shape index (κ3) is 3.58. The maximum absolute atomic E-state index is 8.80. The van der Waals surface area contributed by atoms with E-state index >= 15 is 0 Å². The molecule has 2 atom stereocenters. The molecular formula is C12H26O2. The van der Waals surface area contributed by atoms with E-state index in [-0.39, 0.29) is 12.2 Å². The highest BCUT2D eigenvalue weighted by Gasteiger charge is 2.34. The van der Waals surface area contributed by atoms with Gasteiger partial charge in [0.2, 0.25) is 0 Å². The van der Waals surface area contributed by atoms with Crippen molar-refractivity contribution in [1.82, 2.24) is 0 Å². The lowest BCUT2D eigenvalue weighted by Gasteiger charge is -2.39. The molecule has 0 aromatic rings. The average Bonchev–Trinajstić information content (AvgIpc) is 2.14. The SMILES string of the molecule is CCCC(C)C(C)(OCCO)C(C)C. The topological polar surface area (TPSA) is 29.5 Å². The Morgan fingerprint density at radius 2 is 1.86 bits per heavy atom. The Balaban J connectivity index is 4.36. The van der Waals surface area contributed by atoms with E-state index in [1.54, 1.807) is 0 Å². The molecule has 0 aliphatic rings. The molecule has 0 saturated carbocycles. The van der Waals surface area contributed by atoms with Gasteiger partial charge in [-0.05, 0) is 25.2 Å². The Morgan fingerprint density at radius 3 is 2.21 bits per heavy atom. The highest BCUT2D eigenvalue weighted by atomic mass is 16.5. The van der Waals surface area contributed by atoms with E-state index in [4.69, 9.17) is 9.84 Å². The van der Waals surface area contributed by atoms with Crippen molar-refractivity contribution < 1.29 is 9.84 Å². The number of aliphatic hydroxyl groups excluding tert-OH is 1. The van der Waals surface area contributed by atoms with Gasteiger partial charge < -0.3 is 9.84 Å². The van der Waals surface area contributed by atoms with Gasteiger partial charge in [-0.3, -0.25) is 0 Å². The molecule has 0 heterocycles. The van der Waals surface area contributed by atoms with Gasteiger partial charge in [0.05, 0.1) is 18.8 Å². The van der Waals surface area contributed by atoms with Crippen LogP contribution in [0.5, 0.6) is 0 Å². The molecule has 2 heteroatoms. The highest BCUT2D eigenvalue weighted by Crippen LogP contribution is 2.32. The third-order valence-electron chi connectivity index (χ3n) is 3.35. The Bertz CT molecular complexity index is 145. The standard InChI is InChI=1S/C12H26O2/c1-6-7-11(4)12(5,10(2)3)14-9-8-13/h10-11,13H,6-9H2,1-5H3. The molecule has 0 radical (unpaired) electrons. The van der Waals surface area contributed by atoms with Crippen LogP contribution >= 0.6 is 0 Å². The summed E-state index contributed by atoms with van der Waals surface area (Å²) >= 11 is 0. The lowest BCUT2D eigenvalue weighted by Crippen LogP contribution is -2.42. The van der Waals surface area contributed by atoms with Crippen molar-refractivity contribution in [3.63, 3.8) is 0 Å². The van der Waals surface area contributed by atoms with Gasteiger partial charge in [-0.25, -0.2) is 0 Å². The van der Waals surface area contributed by atoms with Gasteiger partial charge in [-0.1, -0.05) is 34.1 Å². The summed E-state index contributed by atoms with van der Waals surface area (Å²) in [6.45, 7) is 11.5. The predicted octanol–water partition coefficient (Wildman–Crippen LogP) is 2.85. The van der Waals surface area contributed by atoms with Crippen LogP contribution in [0.4, 0.5) is 0 Å². The fourth-order valence-corrected chi connectivity index (χ4v) is 1.86. The van der Waals surface area contributed by atoms with E-state index in [9.17, 15) is 0 Å². The van der Waals surface area contributed by atoms with E-state index in [1.165, 1.54) is 12.8 Å². The summed E-state index contributed by atoms with van der Waals surface area (Å²) in [4.78, 5) is 0. The molecule has 1 N–H and O–H groups in total. The fraction of sp³-hybridized carbons (Fsp3) is 1.00. The summed E-state index contributed by atoms with van der Waals surface area (Å²) in [7, 11) is 0. The first-order chi connectivity index (χ1) is 6.49. The predicted molar refractivity (Wildman–Crippen MR) is 60.4 cm³/mol. The zero-order valence-electron chi connectivity index (χ0n) is 10.3. The van der Waals surface area contributed by atoms with Crippen LogP contribution < -0.4 is 0 Å². The molecule has 0 aromatic heterocycles. The van der Waals surface area contributed by atoms with Crippen LogP contribution in [0.2, 0.25) is 0 Å². The van der Waals surface area contributed by atoms with Crippen LogP contribution in [0, 0.1) is 11.8 Å². The van der Waals surface area contributed by atoms with Crippen LogP contribution in [0.1, 0.15) is 47.5 Å². The Hall–Kier alpha value is -0.0800. The summed E-state index contributed by atoms with van der Waals surface area (Å²) in [6.07, 6.45) is 2.37. The van der Waals surface area contributed by atoms with E-state index < -0.39 is 0 Å². The largest absolute Gasteiger partial charge is 0.394 e. The maximum Gasteiger partial charge on any atom is 0.0705 e. The molecule has 0 aromatic carbocycles. The van der Waals surface area contributed by atoms with Crippen LogP contribution in [-0.4, -0.2) is 23.9 Å². The van der Waals surface area contributed by atoms with Crippen molar-refractivity contribution in [1.29, 1.82) is 0 Å². The van der Waals surface area contributed by atoms with Crippen molar-refractivity contribution >= 4 is 0 Å². The minimum Gasteiger partial charge on any atom is -0.394 e. The first kappa shape index (κ1) is 13.9. The lowest BCUT2D eigenvalue weighted by molar-refractivity contribution is -0.110. The molecule has 0 fully saturated rings. The smallest absolute Gasteiger partial charge is 0.0705 e. The summed E-state index contributed by atoms with van der Waals surface area (Å²) in [5, 5.41) is 8.80. The van der Waals surface area contributed by atoms with Gasteiger partial charge in [-0.15, -0.1) is 0 Å². The van der Waals surface area contributed by atoms with E-state index in [0.717, 1.165) is 0 Å². The molecule has 0 amide bonds. The number of hydrogen-bond donors (Lipinski definition) is 1. The summed E-state index contributed by atoms with van der Waals surface area (Å²) in [5.41, 5.74) is -0.0985. The zero-order valence-corrected chi connectivity index (χ0v) is 10.3. The number of rotatable bonds is 7. The van der Waals surface area contributed by atoms with Crippen LogP contribution in [0.3, 0.4) is 0 Å². The molecule has 2 unspecified atom stereocenters. The summed E-state index contributed by atoms with van der Waals surface area (Å²) in [5.74, 6) is 1.02. The quantitative estimate of drug-likeness (QED) is 0.688. The van der Waals surface area contributed by atoms with Crippen molar-refractivity contribution in [3.05, 3.63) is 0 Å².